The second kappa shape index (κ2) is 7.49. The standard InChI is InChI=1S/C16H32N2/c1-14(2)10-13-18(16-8-9-16)12-5-3-4-11-17-15-6-7-15/h14-17H,3-13H2,1-2H3. The molecule has 2 saturated carbocycles. The van der Waals surface area contributed by atoms with E-state index in [1.807, 2.05) is 0 Å². The van der Waals surface area contributed by atoms with Gasteiger partial charge in [0.2, 0.25) is 0 Å². The zero-order valence-electron chi connectivity index (χ0n) is 12.5. The normalized spacial score (nSPS) is 20.0. The average Bonchev–Trinajstić information content (AvgIpc) is 3.18. The van der Waals surface area contributed by atoms with Crippen molar-refractivity contribution in [3.05, 3.63) is 0 Å². The summed E-state index contributed by atoms with van der Waals surface area (Å²) in [6.07, 6.45) is 11.3. The fourth-order valence-corrected chi connectivity index (χ4v) is 2.55. The molecular formula is C16H32N2. The Balaban J connectivity index is 1.46. The number of nitrogens with zero attached hydrogens (tertiary/aromatic N) is 1. The Morgan fingerprint density at radius 3 is 2.39 bits per heavy atom. The highest BCUT2D eigenvalue weighted by Crippen LogP contribution is 2.27. The number of hydrogen-bond acceptors (Lipinski definition) is 2. The summed E-state index contributed by atoms with van der Waals surface area (Å²) >= 11 is 0. The first-order chi connectivity index (χ1) is 8.75. The Morgan fingerprint density at radius 2 is 1.78 bits per heavy atom. The first-order valence-corrected chi connectivity index (χ1v) is 8.23. The van der Waals surface area contributed by atoms with Crippen LogP contribution in [0.1, 0.15) is 65.2 Å². The summed E-state index contributed by atoms with van der Waals surface area (Å²) < 4.78 is 0. The molecule has 0 bridgehead atoms. The maximum Gasteiger partial charge on any atom is 0.00964 e. The molecule has 0 aromatic heterocycles. The molecule has 0 saturated heterocycles. The van der Waals surface area contributed by atoms with E-state index >= 15 is 0 Å². The zero-order valence-corrected chi connectivity index (χ0v) is 12.5. The molecule has 0 aliphatic heterocycles. The molecule has 2 rings (SSSR count). The van der Waals surface area contributed by atoms with Crippen LogP contribution in [0.15, 0.2) is 0 Å². The topological polar surface area (TPSA) is 15.3 Å². The van der Waals surface area contributed by atoms with Crippen LogP contribution in [-0.2, 0) is 0 Å². The summed E-state index contributed by atoms with van der Waals surface area (Å²) in [5.41, 5.74) is 0. The van der Waals surface area contributed by atoms with E-state index in [1.54, 1.807) is 0 Å². The van der Waals surface area contributed by atoms with Crippen molar-refractivity contribution in [2.75, 3.05) is 19.6 Å². The molecule has 0 spiro atoms. The molecule has 2 aliphatic rings. The minimum atomic E-state index is 0.856. The fourth-order valence-electron chi connectivity index (χ4n) is 2.55. The Kier molecular flexibility index (Phi) is 5.97. The van der Waals surface area contributed by atoms with Crippen molar-refractivity contribution >= 4 is 0 Å². The summed E-state index contributed by atoms with van der Waals surface area (Å²) in [7, 11) is 0. The second-order valence-corrected chi connectivity index (χ2v) is 6.74. The third kappa shape index (κ3) is 6.19. The summed E-state index contributed by atoms with van der Waals surface area (Å²) in [6, 6.07) is 1.84. The fraction of sp³-hybridized carbons (Fsp3) is 1.00. The van der Waals surface area contributed by atoms with Crippen LogP contribution in [0.5, 0.6) is 0 Å². The van der Waals surface area contributed by atoms with Crippen LogP contribution in [0.4, 0.5) is 0 Å². The molecule has 0 amide bonds. The van der Waals surface area contributed by atoms with Crippen LogP contribution in [0, 0.1) is 5.92 Å². The Hall–Kier alpha value is -0.0800. The van der Waals surface area contributed by atoms with Gasteiger partial charge in [-0.25, -0.2) is 0 Å². The lowest BCUT2D eigenvalue weighted by molar-refractivity contribution is 0.242. The SMILES string of the molecule is CC(C)CCN(CCCCCNC1CC1)C1CC1. The van der Waals surface area contributed by atoms with Crippen LogP contribution in [0.3, 0.4) is 0 Å². The smallest absolute Gasteiger partial charge is 0.00964 e. The van der Waals surface area contributed by atoms with Gasteiger partial charge in [-0.15, -0.1) is 0 Å². The van der Waals surface area contributed by atoms with E-state index in [0.717, 1.165) is 18.0 Å². The van der Waals surface area contributed by atoms with E-state index in [9.17, 15) is 0 Å². The average molecular weight is 252 g/mol. The number of nitrogens with one attached hydrogen (secondary N) is 1. The molecule has 0 aromatic carbocycles. The molecule has 2 nitrogen and oxygen atoms in total. The van der Waals surface area contributed by atoms with Gasteiger partial charge in [0.25, 0.3) is 0 Å². The summed E-state index contributed by atoms with van der Waals surface area (Å²) in [5, 5.41) is 3.61. The van der Waals surface area contributed by atoms with Crippen molar-refractivity contribution in [1.29, 1.82) is 0 Å². The molecule has 2 aliphatic carbocycles. The lowest BCUT2D eigenvalue weighted by Crippen LogP contribution is -2.29. The van der Waals surface area contributed by atoms with E-state index in [1.165, 1.54) is 71.0 Å². The molecule has 2 heteroatoms. The quantitative estimate of drug-likeness (QED) is 0.567. The third-order valence-electron chi connectivity index (χ3n) is 4.19. The molecule has 2 fully saturated rings. The van der Waals surface area contributed by atoms with Crippen LogP contribution in [0.25, 0.3) is 0 Å². The van der Waals surface area contributed by atoms with Gasteiger partial charge >= 0.3 is 0 Å². The zero-order chi connectivity index (χ0) is 12.8. The minimum absolute atomic E-state index is 0.856. The van der Waals surface area contributed by atoms with E-state index in [2.05, 4.69) is 24.1 Å². The first-order valence-electron chi connectivity index (χ1n) is 8.23. The summed E-state index contributed by atoms with van der Waals surface area (Å²) in [5.74, 6) is 0.856. The lowest BCUT2D eigenvalue weighted by Gasteiger charge is -2.22. The van der Waals surface area contributed by atoms with Crippen molar-refractivity contribution in [2.24, 2.45) is 5.92 Å². The van der Waals surface area contributed by atoms with E-state index in [-0.39, 0.29) is 0 Å². The molecule has 0 aromatic rings. The molecule has 1 N–H and O–H groups in total. The number of unbranched alkanes of at least 4 members (excludes halogenated alkanes) is 2. The van der Waals surface area contributed by atoms with Crippen molar-refractivity contribution in [3.8, 4) is 0 Å². The molecule has 0 unspecified atom stereocenters. The van der Waals surface area contributed by atoms with E-state index in [0.29, 0.717) is 0 Å². The lowest BCUT2D eigenvalue weighted by atomic mass is 10.1. The predicted molar refractivity (Wildman–Crippen MR) is 78.9 cm³/mol. The largest absolute Gasteiger partial charge is 0.314 e. The van der Waals surface area contributed by atoms with Crippen LogP contribution >= 0.6 is 0 Å². The highest BCUT2D eigenvalue weighted by atomic mass is 15.2. The Morgan fingerprint density at radius 1 is 1.00 bits per heavy atom. The highest BCUT2D eigenvalue weighted by Gasteiger charge is 2.28. The van der Waals surface area contributed by atoms with Gasteiger partial charge in [-0.1, -0.05) is 20.3 Å². The molecule has 106 valence electrons. The van der Waals surface area contributed by atoms with Crippen molar-refractivity contribution in [1.82, 2.24) is 10.2 Å². The van der Waals surface area contributed by atoms with Gasteiger partial charge in [0.05, 0.1) is 0 Å². The molecular weight excluding hydrogens is 220 g/mol. The first kappa shape index (κ1) is 14.3. The monoisotopic (exact) mass is 252 g/mol. The van der Waals surface area contributed by atoms with Crippen LogP contribution < -0.4 is 5.32 Å². The number of rotatable bonds is 11. The Labute approximate surface area is 114 Å². The highest BCUT2D eigenvalue weighted by molar-refractivity contribution is 4.84. The van der Waals surface area contributed by atoms with Crippen LogP contribution in [0.2, 0.25) is 0 Å². The van der Waals surface area contributed by atoms with Gasteiger partial charge in [0, 0.05) is 12.1 Å². The van der Waals surface area contributed by atoms with Crippen LogP contribution in [-0.4, -0.2) is 36.6 Å². The molecule has 0 heterocycles. The molecule has 18 heavy (non-hydrogen) atoms. The third-order valence-corrected chi connectivity index (χ3v) is 4.19. The van der Waals surface area contributed by atoms with Crippen molar-refractivity contribution in [3.63, 3.8) is 0 Å². The molecule has 0 atom stereocenters. The molecule has 0 radical (unpaired) electrons. The van der Waals surface area contributed by atoms with Gasteiger partial charge in [-0.05, 0) is 70.5 Å². The second-order valence-electron chi connectivity index (χ2n) is 6.74. The van der Waals surface area contributed by atoms with E-state index in [4.69, 9.17) is 0 Å². The van der Waals surface area contributed by atoms with Gasteiger partial charge in [-0.3, -0.25) is 0 Å². The van der Waals surface area contributed by atoms with Gasteiger partial charge < -0.3 is 10.2 Å². The van der Waals surface area contributed by atoms with Gasteiger partial charge in [0.15, 0.2) is 0 Å². The maximum atomic E-state index is 3.61. The van der Waals surface area contributed by atoms with Gasteiger partial charge in [-0.2, -0.15) is 0 Å². The minimum Gasteiger partial charge on any atom is -0.314 e. The number of hydrogen-bond donors (Lipinski definition) is 1. The summed E-state index contributed by atoms with van der Waals surface area (Å²) in [6.45, 7) is 8.62. The van der Waals surface area contributed by atoms with Crippen molar-refractivity contribution < 1.29 is 0 Å². The maximum absolute atomic E-state index is 3.61. The predicted octanol–water partition coefficient (Wildman–Crippen LogP) is 3.42. The van der Waals surface area contributed by atoms with Gasteiger partial charge in [0.1, 0.15) is 0 Å². The summed E-state index contributed by atoms with van der Waals surface area (Å²) in [4.78, 5) is 2.76. The van der Waals surface area contributed by atoms with Crippen molar-refractivity contribution in [2.45, 2.75) is 77.3 Å². The van der Waals surface area contributed by atoms with E-state index < -0.39 is 0 Å². The Bertz CT molecular complexity index is 219.